The van der Waals surface area contributed by atoms with Gasteiger partial charge < -0.3 is 10.1 Å². The predicted molar refractivity (Wildman–Crippen MR) is 95.3 cm³/mol. The molecule has 1 amide bonds. The van der Waals surface area contributed by atoms with Gasteiger partial charge in [-0.2, -0.15) is 26.3 Å². The zero-order chi connectivity index (χ0) is 22.6. The summed E-state index contributed by atoms with van der Waals surface area (Å²) in [5, 5.41) is 2.00. The minimum atomic E-state index is -5.22. The van der Waals surface area contributed by atoms with Crippen LogP contribution in [0.3, 0.4) is 0 Å². The third-order valence-corrected chi connectivity index (χ3v) is 6.91. The monoisotopic (exact) mass is 449 g/mol. The summed E-state index contributed by atoms with van der Waals surface area (Å²) in [6, 6.07) is 6.60. The number of carbonyl (C=O) groups is 2. The normalized spacial score (nSPS) is 33.1. The third-order valence-electron chi connectivity index (χ3n) is 6.91. The summed E-state index contributed by atoms with van der Waals surface area (Å²) in [6.45, 7) is 0. The maximum Gasteiger partial charge on any atom is 0.490 e. The molecular formula is C21H21F6NO3. The molecule has 3 unspecified atom stereocenters. The molecule has 5 rings (SSSR count). The third kappa shape index (κ3) is 4.13. The summed E-state index contributed by atoms with van der Waals surface area (Å²) in [6.07, 6.45) is -8.02. The molecule has 0 saturated heterocycles. The Morgan fingerprint density at radius 3 is 2.03 bits per heavy atom. The van der Waals surface area contributed by atoms with Crippen molar-refractivity contribution < 1.29 is 40.7 Å². The molecule has 4 saturated carbocycles. The van der Waals surface area contributed by atoms with Gasteiger partial charge in [0.05, 0.1) is 6.04 Å². The Bertz CT molecular complexity index is 839. The van der Waals surface area contributed by atoms with E-state index in [0.717, 1.165) is 6.42 Å². The van der Waals surface area contributed by atoms with E-state index in [0.29, 0.717) is 18.4 Å². The van der Waals surface area contributed by atoms with E-state index >= 15 is 0 Å². The van der Waals surface area contributed by atoms with Gasteiger partial charge in [0, 0.05) is 5.92 Å². The average molecular weight is 449 g/mol. The number of halogens is 6. The van der Waals surface area contributed by atoms with Crippen molar-refractivity contribution in [3.05, 3.63) is 35.9 Å². The van der Waals surface area contributed by atoms with E-state index in [2.05, 4.69) is 0 Å². The fourth-order valence-corrected chi connectivity index (χ4v) is 6.24. The Morgan fingerprint density at radius 2 is 1.52 bits per heavy atom. The van der Waals surface area contributed by atoms with Gasteiger partial charge >= 0.3 is 24.2 Å². The van der Waals surface area contributed by atoms with E-state index in [1.807, 2.05) is 5.32 Å². The van der Waals surface area contributed by atoms with Gasteiger partial charge in [-0.3, -0.25) is 4.79 Å². The van der Waals surface area contributed by atoms with Crippen molar-refractivity contribution in [3.63, 3.8) is 0 Å². The molecule has 4 bridgehead atoms. The minimum Gasteiger partial charge on any atom is -0.452 e. The summed E-state index contributed by atoms with van der Waals surface area (Å²) in [7, 11) is 0. The second-order valence-electron chi connectivity index (χ2n) is 8.94. The molecule has 170 valence electrons. The zero-order valence-electron chi connectivity index (χ0n) is 16.3. The summed E-state index contributed by atoms with van der Waals surface area (Å²) < 4.78 is 83.5. The van der Waals surface area contributed by atoms with Crippen LogP contribution in [0.4, 0.5) is 26.3 Å². The highest BCUT2D eigenvalue weighted by Gasteiger charge is 2.63. The Hall–Kier alpha value is -2.26. The highest BCUT2D eigenvalue weighted by Crippen LogP contribution is 2.63. The van der Waals surface area contributed by atoms with Crippen LogP contribution in [0.2, 0.25) is 0 Å². The molecule has 4 fully saturated rings. The van der Waals surface area contributed by atoms with Gasteiger partial charge in [-0.25, -0.2) is 4.79 Å². The lowest BCUT2D eigenvalue weighted by molar-refractivity contribution is -0.247. The van der Waals surface area contributed by atoms with Crippen LogP contribution in [-0.4, -0.2) is 29.8 Å². The first-order chi connectivity index (χ1) is 14.4. The molecule has 4 aliphatic carbocycles. The number of hydrogen-bond acceptors (Lipinski definition) is 3. The van der Waals surface area contributed by atoms with Gasteiger partial charge in [0.1, 0.15) is 5.60 Å². The predicted octanol–water partition coefficient (Wildman–Crippen LogP) is 4.71. The lowest BCUT2D eigenvalue weighted by Gasteiger charge is -2.61. The first-order valence-corrected chi connectivity index (χ1v) is 10.1. The van der Waals surface area contributed by atoms with Crippen LogP contribution >= 0.6 is 0 Å². The van der Waals surface area contributed by atoms with E-state index in [4.69, 9.17) is 4.74 Å². The van der Waals surface area contributed by atoms with E-state index < -0.39 is 41.8 Å². The molecule has 1 N–H and O–H groups in total. The summed E-state index contributed by atoms with van der Waals surface area (Å²) >= 11 is 0. The number of esters is 1. The molecule has 0 aliphatic heterocycles. The number of ether oxygens (including phenoxy) is 1. The molecule has 0 aromatic heterocycles. The SMILES string of the molecule is O=C(N[C@@H](c1ccccc1)C1C2CC3C[C@H](C2)C[C@@]1(OC(=O)C(F)(F)F)C3)C(F)(F)F. The maximum atomic E-state index is 13.1. The number of amides is 1. The van der Waals surface area contributed by atoms with Gasteiger partial charge in [0.2, 0.25) is 0 Å². The quantitative estimate of drug-likeness (QED) is 0.535. The number of nitrogens with one attached hydrogen (secondary N) is 1. The van der Waals surface area contributed by atoms with E-state index in [1.165, 1.54) is 12.1 Å². The van der Waals surface area contributed by atoms with Gasteiger partial charge in [0.15, 0.2) is 0 Å². The van der Waals surface area contributed by atoms with Crippen LogP contribution < -0.4 is 5.32 Å². The number of hydrogen-bond donors (Lipinski definition) is 1. The second-order valence-corrected chi connectivity index (χ2v) is 8.94. The summed E-state index contributed by atoms with van der Waals surface area (Å²) in [5.41, 5.74) is -1.24. The van der Waals surface area contributed by atoms with Crippen molar-refractivity contribution in [2.45, 2.75) is 56.1 Å². The summed E-state index contributed by atoms with van der Waals surface area (Å²) in [5.74, 6) is -5.57. The molecule has 4 nitrogen and oxygen atoms in total. The lowest BCUT2D eigenvalue weighted by atomic mass is 9.48. The van der Waals surface area contributed by atoms with Crippen LogP contribution in [0.25, 0.3) is 0 Å². The number of rotatable bonds is 4. The van der Waals surface area contributed by atoms with Crippen LogP contribution in [0.15, 0.2) is 30.3 Å². The van der Waals surface area contributed by atoms with Crippen molar-refractivity contribution in [1.29, 1.82) is 0 Å². The number of carbonyl (C=O) groups excluding carboxylic acids is 2. The van der Waals surface area contributed by atoms with Gasteiger partial charge in [-0.1, -0.05) is 30.3 Å². The fraction of sp³-hybridized carbons (Fsp3) is 0.619. The lowest BCUT2D eigenvalue weighted by Crippen LogP contribution is -2.63. The molecule has 1 aromatic rings. The highest BCUT2D eigenvalue weighted by atomic mass is 19.4. The van der Waals surface area contributed by atoms with Crippen LogP contribution in [-0.2, 0) is 14.3 Å². The summed E-state index contributed by atoms with van der Waals surface area (Å²) in [4.78, 5) is 23.7. The van der Waals surface area contributed by atoms with Gasteiger partial charge in [-0.05, 0) is 55.4 Å². The molecule has 6 atom stereocenters. The van der Waals surface area contributed by atoms with Crippen molar-refractivity contribution in [3.8, 4) is 0 Å². The zero-order valence-corrected chi connectivity index (χ0v) is 16.3. The maximum absolute atomic E-state index is 13.1. The molecule has 0 radical (unpaired) electrons. The van der Waals surface area contributed by atoms with Crippen molar-refractivity contribution in [2.75, 3.05) is 0 Å². The fourth-order valence-electron chi connectivity index (χ4n) is 6.24. The van der Waals surface area contributed by atoms with E-state index in [1.54, 1.807) is 18.2 Å². The average Bonchev–Trinajstić information content (AvgIpc) is 2.65. The number of benzene rings is 1. The van der Waals surface area contributed by atoms with E-state index in [9.17, 15) is 35.9 Å². The topological polar surface area (TPSA) is 55.4 Å². The number of alkyl halides is 6. The smallest absolute Gasteiger partial charge is 0.452 e. The molecule has 4 aliphatic rings. The Morgan fingerprint density at radius 1 is 0.935 bits per heavy atom. The molecular weight excluding hydrogens is 428 g/mol. The van der Waals surface area contributed by atoms with Crippen LogP contribution in [0.5, 0.6) is 0 Å². The molecule has 1 aromatic carbocycles. The van der Waals surface area contributed by atoms with Crippen molar-refractivity contribution >= 4 is 11.9 Å². The molecule has 0 spiro atoms. The molecule has 31 heavy (non-hydrogen) atoms. The molecule has 10 heteroatoms. The Kier molecular flexibility index (Phi) is 5.25. The molecule has 0 heterocycles. The highest BCUT2D eigenvalue weighted by molar-refractivity contribution is 5.82. The largest absolute Gasteiger partial charge is 0.490 e. The minimum absolute atomic E-state index is 0.0459. The van der Waals surface area contributed by atoms with Crippen LogP contribution in [0.1, 0.15) is 43.7 Å². The second kappa shape index (κ2) is 7.41. The van der Waals surface area contributed by atoms with Crippen molar-refractivity contribution in [1.82, 2.24) is 5.32 Å². The Balaban J connectivity index is 1.76. The van der Waals surface area contributed by atoms with E-state index in [-0.39, 0.29) is 30.6 Å². The van der Waals surface area contributed by atoms with Crippen molar-refractivity contribution in [2.24, 2.45) is 23.7 Å². The van der Waals surface area contributed by atoms with Crippen LogP contribution in [0, 0.1) is 23.7 Å². The Labute approximate surface area is 174 Å². The van der Waals surface area contributed by atoms with Gasteiger partial charge in [-0.15, -0.1) is 0 Å². The first kappa shape index (κ1) is 22.0. The van der Waals surface area contributed by atoms with Gasteiger partial charge in [0.25, 0.3) is 0 Å². The first-order valence-electron chi connectivity index (χ1n) is 10.1. The standard InChI is InChI=1S/C21H21F6NO3/c22-20(23,24)17(29)28-16(13-4-2-1-3-5-13)15-14-7-11-6-12(8-14)10-19(15,9-11)31-18(30)21(25,26)27/h1-5,11-12,14-16H,6-10H2,(H,28,29)/t11-,12?,14?,15?,16+,19-/m1/s1.